The molecule has 0 saturated heterocycles. The molecule has 0 aliphatic carbocycles. The Morgan fingerprint density at radius 2 is 2.07 bits per heavy atom. The fraction of sp³-hybridized carbons (Fsp3) is 0. The molecule has 3 N–H and O–H groups in total. The smallest absolute Gasteiger partial charge is 0.171 e. The zero-order valence-corrected chi connectivity index (χ0v) is 7.36. The Bertz CT molecular complexity index is 612. The SMILES string of the molecule is Nc1n[nH]c2cc3ccccc3nc12. The van der Waals surface area contributed by atoms with Crippen molar-refractivity contribution < 1.29 is 0 Å². The van der Waals surface area contributed by atoms with Gasteiger partial charge in [0.15, 0.2) is 5.82 Å². The Balaban J connectivity index is 2.54. The number of benzene rings is 1. The molecule has 1 aromatic carbocycles. The lowest BCUT2D eigenvalue weighted by atomic mass is 10.2. The molecule has 0 amide bonds. The van der Waals surface area contributed by atoms with Crippen molar-refractivity contribution in [1.29, 1.82) is 0 Å². The molecule has 2 aromatic heterocycles. The molecular formula is C10H8N4. The van der Waals surface area contributed by atoms with Gasteiger partial charge in [-0.1, -0.05) is 18.2 Å². The molecule has 0 fully saturated rings. The molecule has 0 spiro atoms. The Hall–Kier alpha value is -2.10. The zero-order chi connectivity index (χ0) is 9.54. The van der Waals surface area contributed by atoms with Crippen LogP contribution < -0.4 is 5.73 Å². The van der Waals surface area contributed by atoms with Crippen molar-refractivity contribution in [2.24, 2.45) is 0 Å². The number of nitrogens with zero attached hydrogens (tertiary/aromatic N) is 2. The summed E-state index contributed by atoms with van der Waals surface area (Å²) < 4.78 is 0. The van der Waals surface area contributed by atoms with E-state index in [0.717, 1.165) is 21.9 Å². The Labute approximate surface area is 79.8 Å². The van der Waals surface area contributed by atoms with Gasteiger partial charge in [0.2, 0.25) is 0 Å². The Morgan fingerprint density at radius 3 is 3.00 bits per heavy atom. The number of H-pyrrole nitrogens is 1. The molecule has 2 heterocycles. The molecule has 0 unspecified atom stereocenters. The van der Waals surface area contributed by atoms with Gasteiger partial charge in [-0.05, 0) is 12.1 Å². The highest BCUT2D eigenvalue weighted by Crippen LogP contribution is 2.20. The van der Waals surface area contributed by atoms with Crippen molar-refractivity contribution in [3.63, 3.8) is 0 Å². The van der Waals surface area contributed by atoms with Crippen LogP contribution in [0.2, 0.25) is 0 Å². The third-order valence-corrected chi connectivity index (χ3v) is 2.26. The van der Waals surface area contributed by atoms with E-state index in [1.165, 1.54) is 0 Å². The Morgan fingerprint density at radius 1 is 1.21 bits per heavy atom. The second kappa shape index (κ2) is 2.45. The fourth-order valence-corrected chi connectivity index (χ4v) is 1.57. The van der Waals surface area contributed by atoms with Crippen molar-refractivity contribution in [2.45, 2.75) is 0 Å². The van der Waals surface area contributed by atoms with Gasteiger partial charge < -0.3 is 5.73 Å². The molecule has 0 atom stereocenters. The van der Waals surface area contributed by atoms with Gasteiger partial charge >= 0.3 is 0 Å². The molecule has 3 aromatic rings. The average molecular weight is 184 g/mol. The summed E-state index contributed by atoms with van der Waals surface area (Å²) in [6, 6.07) is 9.91. The summed E-state index contributed by atoms with van der Waals surface area (Å²) in [6.07, 6.45) is 0. The number of pyridine rings is 1. The van der Waals surface area contributed by atoms with Crippen LogP contribution in [0.4, 0.5) is 5.82 Å². The number of anilines is 1. The predicted octanol–water partition coefficient (Wildman–Crippen LogP) is 1.69. The van der Waals surface area contributed by atoms with Crippen molar-refractivity contribution in [3.8, 4) is 0 Å². The van der Waals surface area contributed by atoms with Gasteiger partial charge in [0, 0.05) is 5.39 Å². The van der Waals surface area contributed by atoms with Crippen LogP contribution in [-0.4, -0.2) is 15.2 Å². The van der Waals surface area contributed by atoms with E-state index in [1.807, 2.05) is 30.3 Å². The Kier molecular flexibility index (Phi) is 1.28. The zero-order valence-electron chi connectivity index (χ0n) is 7.36. The molecule has 0 aliphatic heterocycles. The van der Waals surface area contributed by atoms with E-state index < -0.39 is 0 Å². The van der Waals surface area contributed by atoms with E-state index in [2.05, 4.69) is 15.2 Å². The molecule has 68 valence electrons. The molecular weight excluding hydrogens is 176 g/mol. The van der Waals surface area contributed by atoms with Gasteiger partial charge in [-0.3, -0.25) is 5.10 Å². The largest absolute Gasteiger partial charge is 0.380 e. The van der Waals surface area contributed by atoms with Crippen LogP contribution in [0.3, 0.4) is 0 Å². The lowest BCUT2D eigenvalue weighted by Gasteiger charge is -1.96. The van der Waals surface area contributed by atoms with Crippen LogP contribution in [-0.2, 0) is 0 Å². The summed E-state index contributed by atoms with van der Waals surface area (Å²) >= 11 is 0. The first-order chi connectivity index (χ1) is 6.84. The molecule has 14 heavy (non-hydrogen) atoms. The summed E-state index contributed by atoms with van der Waals surface area (Å²) in [6.45, 7) is 0. The van der Waals surface area contributed by atoms with Crippen molar-refractivity contribution in [2.75, 3.05) is 5.73 Å². The number of nitrogen functional groups attached to an aromatic ring is 1. The number of hydrogen-bond acceptors (Lipinski definition) is 3. The minimum atomic E-state index is 0.450. The second-order valence-corrected chi connectivity index (χ2v) is 3.19. The minimum Gasteiger partial charge on any atom is -0.380 e. The number of para-hydroxylation sites is 1. The lowest BCUT2D eigenvalue weighted by Crippen LogP contribution is -1.86. The minimum absolute atomic E-state index is 0.450. The summed E-state index contributed by atoms with van der Waals surface area (Å²) in [4.78, 5) is 4.42. The summed E-state index contributed by atoms with van der Waals surface area (Å²) in [5, 5.41) is 7.84. The van der Waals surface area contributed by atoms with Gasteiger partial charge in [-0.2, -0.15) is 5.10 Å². The molecule has 4 heteroatoms. The maximum atomic E-state index is 5.66. The second-order valence-electron chi connectivity index (χ2n) is 3.19. The highest BCUT2D eigenvalue weighted by Gasteiger charge is 2.04. The van der Waals surface area contributed by atoms with Gasteiger partial charge in [0.1, 0.15) is 5.52 Å². The van der Waals surface area contributed by atoms with E-state index in [1.54, 1.807) is 0 Å². The van der Waals surface area contributed by atoms with Crippen LogP contribution >= 0.6 is 0 Å². The summed E-state index contributed by atoms with van der Waals surface area (Å²) in [5.74, 6) is 0.450. The number of fused-ring (bicyclic) bond motifs is 2. The molecule has 0 saturated carbocycles. The van der Waals surface area contributed by atoms with Gasteiger partial charge in [-0.15, -0.1) is 0 Å². The van der Waals surface area contributed by atoms with E-state index in [9.17, 15) is 0 Å². The van der Waals surface area contributed by atoms with Crippen molar-refractivity contribution in [1.82, 2.24) is 15.2 Å². The van der Waals surface area contributed by atoms with E-state index in [-0.39, 0.29) is 0 Å². The quantitative estimate of drug-likeness (QED) is 0.558. The molecule has 4 nitrogen and oxygen atoms in total. The first-order valence-electron chi connectivity index (χ1n) is 4.34. The first kappa shape index (κ1) is 7.32. The highest BCUT2D eigenvalue weighted by atomic mass is 15.2. The molecule has 3 rings (SSSR count). The van der Waals surface area contributed by atoms with Crippen LogP contribution in [0.15, 0.2) is 30.3 Å². The number of rotatable bonds is 0. The first-order valence-corrected chi connectivity index (χ1v) is 4.34. The van der Waals surface area contributed by atoms with Crippen LogP contribution in [0.5, 0.6) is 0 Å². The monoisotopic (exact) mass is 184 g/mol. The van der Waals surface area contributed by atoms with E-state index in [4.69, 9.17) is 5.73 Å². The summed E-state index contributed by atoms with van der Waals surface area (Å²) in [5.41, 5.74) is 8.22. The number of aromatic amines is 1. The van der Waals surface area contributed by atoms with Crippen LogP contribution in [0.25, 0.3) is 21.9 Å². The van der Waals surface area contributed by atoms with Crippen LogP contribution in [0.1, 0.15) is 0 Å². The molecule has 0 radical (unpaired) electrons. The van der Waals surface area contributed by atoms with Crippen molar-refractivity contribution in [3.05, 3.63) is 30.3 Å². The fourth-order valence-electron chi connectivity index (χ4n) is 1.57. The predicted molar refractivity (Wildman–Crippen MR) is 55.8 cm³/mol. The number of nitrogens with two attached hydrogens (primary N) is 1. The number of hydrogen-bond donors (Lipinski definition) is 2. The van der Waals surface area contributed by atoms with Crippen LogP contribution in [0, 0.1) is 0 Å². The molecule has 0 aliphatic rings. The standard InChI is InChI=1S/C10H8N4/c11-10-9-8(13-14-10)5-6-3-1-2-4-7(6)12-9/h1-5H,(H3,11,13,14). The van der Waals surface area contributed by atoms with Gasteiger partial charge in [0.25, 0.3) is 0 Å². The number of nitrogens with one attached hydrogen (secondary N) is 1. The maximum absolute atomic E-state index is 5.66. The lowest BCUT2D eigenvalue weighted by molar-refractivity contribution is 1.13. The highest BCUT2D eigenvalue weighted by molar-refractivity contribution is 5.94. The topological polar surface area (TPSA) is 67.6 Å². The van der Waals surface area contributed by atoms with Crippen molar-refractivity contribution >= 4 is 27.8 Å². The third kappa shape index (κ3) is 0.877. The summed E-state index contributed by atoms with van der Waals surface area (Å²) in [7, 11) is 0. The normalized spacial score (nSPS) is 11.1. The molecule has 0 bridgehead atoms. The average Bonchev–Trinajstić information content (AvgIpc) is 2.57. The number of aromatic nitrogens is 3. The third-order valence-electron chi connectivity index (χ3n) is 2.26. The maximum Gasteiger partial charge on any atom is 0.171 e. The van der Waals surface area contributed by atoms with Gasteiger partial charge in [0.05, 0.1) is 11.0 Å². The van der Waals surface area contributed by atoms with E-state index >= 15 is 0 Å². The van der Waals surface area contributed by atoms with E-state index in [0.29, 0.717) is 5.82 Å². The van der Waals surface area contributed by atoms with Gasteiger partial charge in [-0.25, -0.2) is 4.98 Å².